The summed E-state index contributed by atoms with van der Waals surface area (Å²) in [6, 6.07) is 5.10. The number of aromatic hydroxyl groups is 1. The van der Waals surface area contributed by atoms with Crippen molar-refractivity contribution < 1.29 is 19.4 Å². The van der Waals surface area contributed by atoms with E-state index >= 15 is 0 Å². The molecule has 2 rings (SSSR count). The number of carbonyl (C=O) groups excluding carboxylic acids is 2. The largest absolute Gasteiger partial charge is 0.507 e. The van der Waals surface area contributed by atoms with Gasteiger partial charge < -0.3 is 14.7 Å². The van der Waals surface area contributed by atoms with Crippen LogP contribution in [0.2, 0.25) is 0 Å². The number of ether oxygens (including phenoxy) is 1. The first-order chi connectivity index (χ1) is 10.9. The zero-order chi connectivity index (χ0) is 17.0. The van der Waals surface area contributed by atoms with E-state index in [1.165, 1.54) is 12.5 Å². The zero-order valence-electron chi connectivity index (χ0n) is 14.0. The van der Waals surface area contributed by atoms with E-state index in [-0.39, 0.29) is 23.3 Å². The van der Waals surface area contributed by atoms with Gasteiger partial charge in [0.2, 0.25) is 0 Å². The van der Waals surface area contributed by atoms with Gasteiger partial charge in [0, 0.05) is 13.1 Å². The molecule has 0 saturated heterocycles. The fourth-order valence-electron chi connectivity index (χ4n) is 3.03. The highest BCUT2D eigenvalue weighted by molar-refractivity contribution is 5.94. The van der Waals surface area contributed by atoms with E-state index in [1.54, 1.807) is 37.9 Å². The summed E-state index contributed by atoms with van der Waals surface area (Å²) in [5.74, 6) is -0.973. The number of carbonyl (C=O) groups is 2. The minimum Gasteiger partial charge on any atom is -0.507 e. The van der Waals surface area contributed by atoms with Gasteiger partial charge in [0.05, 0.1) is 0 Å². The number of hydrogen-bond donors (Lipinski definition) is 1. The molecule has 1 aromatic carbocycles. The summed E-state index contributed by atoms with van der Waals surface area (Å²) in [7, 11) is 1.77. The molecule has 0 radical (unpaired) electrons. The fourth-order valence-corrected chi connectivity index (χ4v) is 3.03. The Hall–Kier alpha value is -2.04. The molecule has 0 aromatic heterocycles. The van der Waals surface area contributed by atoms with E-state index in [0.717, 1.165) is 25.7 Å². The van der Waals surface area contributed by atoms with Gasteiger partial charge in [-0.15, -0.1) is 0 Å². The Balaban J connectivity index is 1.99. The summed E-state index contributed by atoms with van der Waals surface area (Å²) in [6.07, 6.45) is 4.62. The highest BCUT2D eigenvalue weighted by Crippen LogP contribution is 2.24. The molecule has 1 fully saturated rings. The number of hydrogen-bond acceptors (Lipinski definition) is 4. The Morgan fingerprint density at radius 3 is 2.57 bits per heavy atom. The lowest BCUT2D eigenvalue weighted by Gasteiger charge is -2.32. The van der Waals surface area contributed by atoms with E-state index in [0.29, 0.717) is 5.56 Å². The molecule has 1 amide bonds. The van der Waals surface area contributed by atoms with Crippen LogP contribution in [0.25, 0.3) is 0 Å². The number of nitrogens with zero attached hydrogens (tertiary/aromatic N) is 1. The van der Waals surface area contributed by atoms with E-state index in [4.69, 9.17) is 4.74 Å². The third-order valence-corrected chi connectivity index (χ3v) is 4.56. The van der Waals surface area contributed by atoms with Crippen molar-refractivity contribution in [3.8, 4) is 5.75 Å². The van der Waals surface area contributed by atoms with Gasteiger partial charge in [0.1, 0.15) is 11.3 Å². The van der Waals surface area contributed by atoms with Crippen LogP contribution in [0.4, 0.5) is 0 Å². The lowest BCUT2D eigenvalue weighted by Crippen LogP contribution is -2.44. The number of amides is 1. The lowest BCUT2D eigenvalue weighted by molar-refractivity contribution is -0.141. The summed E-state index contributed by atoms with van der Waals surface area (Å²) in [4.78, 5) is 26.3. The molecule has 0 spiro atoms. The van der Waals surface area contributed by atoms with Crippen LogP contribution in [0.1, 0.15) is 54.9 Å². The van der Waals surface area contributed by atoms with Crippen LogP contribution in [-0.2, 0) is 9.53 Å². The summed E-state index contributed by atoms with van der Waals surface area (Å²) < 4.78 is 5.26. The van der Waals surface area contributed by atoms with Crippen LogP contribution < -0.4 is 0 Å². The first-order valence-corrected chi connectivity index (χ1v) is 8.18. The molecular formula is C18H25NO4. The predicted octanol–water partition coefficient (Wildman–Crippen LogP) is 3.04. The van der Waals surface area contributed by atoms with Gasteiger partial charge in [-0.2, -0.15) is 0 Å². The summed E-state index contributed by atoms with van der Waals surface area (Å²) in [5.41, 5.74) is 0.683. The van der Waals surface area contributed by atoms with E-state index in [1.807, 2.05) is 0 Å². The maximum absolute atomic E-state index is 12.4. The Labute approximate surface area is 137 Å². The van der Waals surface area contributed by atoms with Gasteiger partial charge >= 0.3 is 5.97 Å². The lowest BCUT2D eigenvalue weighted by atomic mass is 9.94. The fraction of sp³-hybridized carbons (Fsp3) is 0.556. The normalized spacial score (nSPS) is 16.7. The molecule has 0 aliphatic heterocycles. The van der Waals surface area contributed by atoms with Gasteiger partial charge in [0.15, 0.2) is 6.10 Å². The second kappa shape index (κ2) is 7.49. The molecule has 1 aliphatic carbocycles. The Morgan fingerprint density at radius 1 is 1.26 bits per heavy atom. The van der Waals surface area contributed by atoms with Crippen molar-refractivity contribution in [1.82, 2.24) is 4.90 Å². The van der Waals surface area contributed by atoms with E-state index in [9.17, 15) is 14.7 Å². The average molecular weight is 319 g/mol. The molecule has 1 N–H and O–H groups in total. The number of likely N-dealkylation sites (N-methyl/N-ethyl adjacent to an activating group) is 1. The maximum Gasteiger partial charge on any atom is 0.342 e. The van der Waals surface area contributed by atoms with Crippen molar-refractivity contribution in [2.75, 3.05) is 7.05 Å². The van der Waals surface area contributed by atoms with E-state index < -0.39 is 12.1 Å². The Morgan fingerprint density at radius 2 is 1.91 bits per heavy atom. The highest BCUT2D eigenvalue weighted by Gasteiger charge is 2.28. The van der Waals surface area contributed by atoms with Crippen molar-refractivity contribution in [2.45, 2.75) is 58.1 Å². The minimum atomic E-state index is -0.866. The zero-order valence-corrected chi connectivity index (χ0v) is 14.0. The van der Waals surface area contributed by atoms with Crippen LogP contribution in [0, 0.1) is 6.92 Å². The highest BCUT2D eigenvalue weighted by atomic mass is 16.5. The van der Waals surface area contributed by atoms with E-state index in [2.05, 4.69) is 0 Å². The van der Waals surface area contributed by atoms with Crippen molar-refractivity contribution >= 4 is 11.9 Å². The monoisotopic (exact) mass is 319 g/mol. The second-order valence-corrected chi connectivity index (χ2v) is 6.26. The molecule has 1 atom stereocenters. The van der Waals surface area contributed by atoms with Crippen molar-refractivity contribution in [3.05, 3.63) is 29.3 Å². The quantitative estimate of drug-likeness (QED) is 0.866. The average Bonchev–Trinajstić information content (AvgIpc) is 2.56. The number of phenols is 1. The second-order valence-electron chi connectivity index (χ2n) is 6.26. The Bertz CT molecular complexity index is 578. The molecule has 0 bridgehead atoms. The van der Waals surface area contributed by atoms with Crippen LogP contribution in [0.15, 0.2) is 18.2 Å². The van der Waals surface area contributed by atoms with Crippen molar-refractivity contribution in [1.29, 1.82) is 0 Å². The number of benzene rings is 1. The Kier molecular flexibility index (Phi) is 5.64. The van der Waals surface area contributed by atoms with Gasteiger partial charge in [-0.05, 0) is 38.3 Å². The number of para-hydroxylation sites is 1. The van der Waals surface area contributed by atoms with Crippen LogP contribution in [0.3, 0.4) is 0 Å². The van der Waals surface area contributed by atoms with Crippen molar-refractivity contribution in [2.24, 2.45) is 0 Å². The van der Waals surface area contributed by atoms with Gasteiger partial charge in [0.25, 0.3) is 5.91 Å². The predicted molar refractivity (Wildman–Crippen MR) is 87.4 cm³/mol. The SMILES string of the molecule is Cc1cccc(C(=O)O[C@@H](C)C(=O)N(C)C2CCCCC2)c1O. The minimum absolute atomic E-state index is 0.0879. The van der Waals surface area contributed by atoms with Gasteiger partial charge in [-0.1, -0.05) is 31.4 Å². The van der Waals surface area contributed by atoms with Gasteiger partial charge in [-0.25, -0.2) is 4.79 Å². The molecule has 0 heterocycles. The molecule has 5 nitrogen and oxygen atoms in total. The molecule has 126 valence electrons. The standard InChI is InChI=1S/C18H25NO4/c1-12-8-7-11-15(16(12)20)18(22)23-13(2)17(21)19(3)14-9-5-4-6-10-14/h7-8,11,13-14,20H,4-6,9-10H2,1-3H3/t13-/m0/s1. The first kappa shape index (κ1) is 17.3. The maximum atomic E-state index is 12.4. The number of esters is 1. The third-order valence-electron chi connectivity index (χ3n) is 4.56. The van der Waals surface area contributed by atoms with Crippen LogP contribution in [0.5, 0.6) is 5.75 Å². The number of rotatable bonds is 4. The summed E-state index contributed by atoms with van der Waals surface area (Å²) in [5, 5.41) is 9.94. The molecule has 5 heteroatoms. The topological polar surface area (TPSA) is 66.8 Å². The molecule has 1 aromatic rings. The first-order valence-electron chi connectivity index (χ1n) is 8.18. The van der Waals surface area contributed by atoms with Crippen LogP contribution in [-0.4, -0.2) is 41.1 Å². The van der Waals surface area contributed by atoms with Crippen LogP contribution >= 0.6 is 0 Å². The third kappa shape index (κ3) is 4.03. The molecule has 0 unspecified atom stereocenters. The molecular weight excluding hydrogens is 294 g/mol. The number of aryl methyl sites for hydroxylation is 1. The van der Waals surface area contributed by atoms with Crippen molar-refractivity contribution in [3.63, 3.8) is 0 Å². The molecule has 1 saturated carbocycles. The smallest absolute Gasteiger partial charge is 0.342 e. The molecule has 23 heavy (non-hydrogen) atoms. The summed E-state index contributed by atoms with van der Waals surface area (Å²) in [6.45, 7) is 3.28. The van der Waals surface area contributed by atoms with Gasteiger partial charge in [-0.3, -0.25) is 4.79 Å². The number of phenolic OH excluding ortho intramolecular Hbond substituents is 1. The summed E-state index contributed by atoms with van der Waals surface area (Å²) >= 11 is 0. The molecule has 1 aliphatic rings.